The summed E-state index contributed by atoms with van der Waals surface area (Å²) in [6.07, 6.45) is 0.569. The zero-order valence-electron chi connectivity index (χ0n) is 17.4. The highest BCUT2D eigenvalue weighted by Crippen LogP contribution is 2.41. The van der Waals surface area contributed by atoms with Gasteiger partial charge in [0.1, 0.15) is 22.5 Å². The Bertz CT molecular complexity index is 1570. The number of hydrogen-bond donors (Lipinski definition) is 2. The predicted octanol–water partition coefficient (Wildman–Crippen LogP) is 3.72. The molecule has 1 fully saturated rings. The number of hydrogen-bond acceptors (Lipinski definition) is 5. The number of aromatic nitrogens is 4. The topological polar surface area (TPSA) is 93.3 Å². The van der Waals surface area contributed by atoms with Crippen molar-refractivity contribution in [2.75, 3.05) is 11.9 Å². The second-order valence-corrected chi connectivity index (χ2v) is 9.46. The van der Waals surface area contributed by atoms with Crippen LogP contribution in [-0.4, -0.2) is 43.3 Å². The fourth-order valence-electron chi connectivity index (χ4n) is 4.32. The highest BCUT2D eigenvalue weighted by atomic mass is 79.9. The number of pyridine rings is 1. The van der Waals surface area contributed by atoms with Crippen LogP contribution in [0.25, 0.3) is 27.7 Å². The summed E-state index contributed by atoms with van der Waals surface area (Å²) in [7, 11) is 0. The van der Waals surface area contributed by atoms with Crippen molar-refractivity contribution < 1.29 is 18.0 Å². The normalized spacial score (nSPS) is 16.6. The minimum Gasteiger partial charge on any atom is -0.361 e. The SMILES string of the molecule is O=C1NC2(CC2)Cn2nc3ccc(-c4cn5ccc(NCC(F)(F)F)nc5c(Br)c4=O)cc3c21. The smallest absolute Gasteiger partial charge is 0.361 e. The van der Waals surface area contributed by atoms with E-state index in [2.05, 4.69) is 36.6 Å². The van der Waals surface area contributed by atoms with Crippen LogP contribution >= 0.6 is 15.9 Å². The number of amides is 1. The Balaban J connectivity index is 1.43. The van der Waals surface area contributed by atoms with Gasteiger partial charge in [0, 0.05) is 23.3 Å². The number of rotatable bonds is 3. The van der Waals surface area contributed by atoms with E-state index in [1.807, 2.05) is 0 Å². The summed E-state index contributed by atoms with van der Waals surface area (Å²) in [4.78, 5) is 30.0. The standard InChI is InChI=1S/C22H16BrF3N6O2/c23-16-18(33)13(8-31-6-3-15(28-19(16)31)27-9-22(24,25)26)11-1-2-14-12(7-11)17-20(34)29-21(4-5-21)10-32(17)30-14/h1-3,6-8H,4-5,9-10H2,(H,27,28)(H,29,34). The third-order valence-corrected chi connectivity index (χ3v) is 6.91. The average molecular weight is 533 g/mol. The lowest BCUT2D eigenvalue weighted by molar-refractivity contribution is -0.115. The maximum atomic E-state index is 13.1. The molecule has 1 aliphatic heterocycles. The van der Waals surface area contributed by atoms with Crippen molar-refractivity contribution in [3.05, 3.63) is 57.0 Å². The number of carbonyl (C=O) groups excluding carboxylic acids is 1. The van der Waals surface area contributed by atoms with Crippen LogP contribution in [0.1, 0.15) is 23.3 Å². The molecular weight excluding hydrogens is 517 g/mol. The summed E-state index contributed by atoms with van der Waals surface area (Å²) in [6.45, 7) is -0.612. The van der Waals surface area contributed by atoms with Crippen molar-refractivity contribution in [2.45, 2.75) is 31.1 Å². The predicted molar refractivity (Wildman–Crippen MR) is 122 cm³/mol. The number of halogens is 4. The Morgan fingerprint density at radius 1 is 1.21 bits per heavy atom. The monoisotopic (exact) mass is 532 g/mol. The van der Waals surface area contributed by atoms with Gasteiger partial charge in [0.25, 0.3) is 5.91 Å². The Morgan fingerprint density at radius 2 is 2.00 bits per heavy atom. The van der Waals surface area contributed by atoms with E-state index in [0.29, 0.717) is 34.3 Å². The van der Waals surface area contributed by atoms with E-state index < -0.39 is 12.7 Å². The first-order valence-corrected chi connectivity index (χ1v) is 11.3. The molecule has 1 amide bonds. The number of benzene rings is 1. The number of nitrogens with one attached hydrogen (secondary N) is 2. The van der Waals surface area contributed by atoms with Gasteiger partial charge in [0.05, 0.1) is 17.6 Å². The summed E-state index contributed by atoms with van der Waals surface area (Å²) >= 11 is 3.26. The molecule has 4 aromatic rings. The maximum Gasteiger partial charge on any atom is 0.405 e. The second kappa shape index (κ2) is 7.05. The molecule has 2 N–H and O–H groups in total. The van der Waals surface area contributed by atoms with Crippen LogP contribution in [0.4, 0.5) is 19.0 Å². The highest BCUT2D eigenvalue weighted by Gasteiger charge is 2.48. The van der Waals surface area contributed by atoms with Crippen LogP contribution in [0, 0.1) is 0 Å². The van der Waals surface area contributed by atoms with Gasteiger partial charge in [-0.1, -0.05) is 6.07 Å². The van der Waals surface area contributed by atoms with Crippen molar-refractivity contribution in [3.8, 4) is 11.1 Å². The summed E-state index contributed by atoms with van der Waals surface area (Å²) in [5.74, 6) is -0.180. The Labute approximate surface area is 197 Å². The lowest BCUT2D eigenvalue weighted by atomic mass is 10.0. The molecule has 1 saturated carbocycles. The summed E-state index contributed by atoms with van der Waals surface area (Å²) in [6, 6.07) is 6.69. The number of nitrogens with zero attached hydrogens (tertiary/aromatic N) is 4. The van der Waals surface area contributed by atoms with E-state index in [9.17, 15) is 22.8 Å². The van der Waals surface area contributed by atoms with Gasteiger partial charge in [0.15, 0.2) is 5.65 Å². The first-order valence-electron chi connectivity index (χ1n) is 10.5. The quantitative estimate of drug-likeness (QED) is 0.419. The number of carbonyl (C=O) groups is 1. The van der Waals surface area contributed by atoms with Gasteiger partial charge in [-0.2, -0.15) is 18.3 Å². The van der Waals surface area contributed by atoms with Gasteiger partial charge in [-0.05, 0) is 52.5 Å². The average Bonchev–Trinajstić information content (AvgIpc) is 3.41. The van der Waals surface area contributed by atoms with Gasteiger partial charge in [-0.3, -0.25) is 14.3 Å². The second-order valence-electron chi connectivity index (χ2n) is 8.67. The molecule has 0 bridgehead atoms. The van der Waals surface area contributed by atoms with E-state index in [4.69, 9.17) is 0 Å². The van der Waals surface area contributed by atoms with Crippen molar-refractivity contribution in [1.82, 2.24) is 24.5 Å². The summed E-state index contributed by atoms with van der Waals surface area (Å²) in [5, 5.41) is 10.5. The molecule has 8 nitrogen and oxygen atoms in total. The Morgan fingerprint density at radius 3 is 2.74 bits per heavy atom. The summed E-state index contributed by atoms with van der Waals surface area (Å²) < 4.78 is 40.9. The molecular formula is C22H16BrF3N6O2. The van der Waals surface area contributed by atoms with Crippen LogP contribution in [0.2, 0.25) is 0 Å². The molecule has 2 aliphatic rings. The zero-order valence-corrected chi connectivity index (χ0v) is 19.0. The molecule has 1 spiro atoms. The molecule has 0 unspecified atom stereocenters. The molecule has 4 heterocycles. The van der Waals surface area contributed by atoms with Crippen LogP contribution in [0.15, 0.2) is 45.9 Å². The lowest BCUT2D eigenvalue weighted by Crippen LogP contribution is -2.46. The van der Waals surface area contributed by atoms with Crippen LogP contribution in [0.5, 0.6) is 0 Å². The van der Waals surface area contributed by atoms with Crippen molar-refractivity contribution in [1.29, 1.82) is 0 Å². The third-order valence-electron chi connectivity index (χ3n) is 6.19. The van der Waals surface area contributed by atoms with Gasteiger partial charge in [-0.25, -0.2) is 4.98 Å². The van der Waals surface area contributed by atoms with Crippen LogP contribution < -0.4 is 16.1 Å². The van der Waals surface area contributed by atoms with E-state index >= 15 is 0 Å². The van der Waals surface area contributed by atoms with E-state index in [1.54, 1.807) is 33.5 Å². The molecule has 3 aromatic heterocycles. The minimum atomic E-state index is -4.39. The van der Waals surface area contributed by atoms with Gasteiger partial charge < -0.3 is 15.0 Å². The first-order chi connectivity index (χ1) is 16.1. The number of anilines is 1. The lowest BCUT2D eigenvalue weighted by Gasteiger charge is -2.24. The van der Waals surface area contributed by atoms with E-state index in [0.717, 1.165) is 12.8 Å². The molecule has 174 valence electrons. The van der Waals surface area contributed by atoms with Gasteiger partial charge >= 0.3 is 6.18 Å². The Hall–Kier alpha value is -3.41. The fraction of sp³-hybridized carbons (Fsp3) is 0.273. The molecule has 6 rings (SSSR count). The molecule has 0 radical (unpaired) electrons. The third kappa shape index (κ3) is 3.44. The van der Waals surface area contributed by atoms with E-state index in [1.165, 1.54) is 12.3 Å². The van der Waals surface area contributed by atoms with Gasteiger partial charge in [0.2, 0.25) is 5.43 Å². The maximum absolute atomic E-state index is 13.1. The molecule has 34 heavy (non-hydrogen) atoms. The van der Waals surface area contributed by atoms with E-state index in [-0.39, 0.29) is 32.8 Å². The molecule has 1 aromatic carbocycles. The Kier molecular flexibility index (Phi) is 4.38. The molecule has 0 atom stereocenters. The highest BCUT2D eigenvalue weighted by molar-refractivity contribution is 9.10. The van der Waals surface area contributed by atoms with Crippen molar-refractivity contribution in [2.24, 2.45) is 0 Å². The molecule has 1 aliphatic carbocycles. The summed E-state index contributed by atoms with van der Waals surface area (Å²) in [5.41, 5.74) is 1.69. The fourth-order valence-corrected chi connectivity index (χ4v) is 4.83. The van der Waals surface area contributed by atoms with Crippen molar-refractivity contribution >= 4 is 44.2 Å². The minimum absolute atomic E-state index is 0.00226. The molecule has 12 heteroatoms. The zero-order chi connectivity index (χ0) is 23.8. The number of fused-ring (bicyclic) bond motifs is 4. The largest absolute Gasteiger partial charge is 0.405 e. The molecule has 0 saturated heterocycles. The number of alkyl halides is 3. The first kappa shape index (κ1) is 21.1. The van der Waals surface area contributed by atoms with Crippen LogP contribution in [-0.2, 0) is 6.54 Å². The van der Waals surface area contributed by atoms with Gasteiger partial charge in [-0.15, -0.1) is 0 Å². The van der Waals surface area contributed by atoms with Crippen LogP contribution in [0.3, 0.4) is 0 Å². The van der Waals surface area contributed by atoms with Crippen molar-refractivity contribution in [3.63, 3.8) is 0 Å².